The van der Waals surface area contributed by atoms with E-state index in [0.717, 1.165) is 25.9 Å². The van der Waals surface area contributed by atoms with Crippen LogP contribution in [0.2, 0.25) is 0 Å². The fourth-order valence-electron chi connectivity index (χ4n) is 3.73. The van der Waals surface area contributed by atoms with Crippen molar-refractivity contribution >= 4 is 11.8 Å². The van der Waals surface area contributed by atoms with E-state index in [1.165, 1.54) is 11.1 Å². The number of benzene rings is 1. The molecule has 0 bridgehead atoms. The highest BCUT2D eigenvalue weighted by molar-refractivity contribution is 5.90. The van der Waals surface area contributed by atoms with Gasteiger partial charge in [-0.25, -0.2) is 0 Å². The average molecular weight is 373 g/mol. The molecule has 0 spiro atoms. The topological polar surface area (TPSA) is 79.5 Å². The fraction of sp³-hybridized carbons (Fsp3) is 0.619. The first kappa shape index (κ1) is 19.8. The summed E-state index contributed by atoms with van der Waals surface area (Å²) < 4.78 is 5.57. The zero-order valence-corrected chi connectivity index (χ0v) is 16.3. The Labute approximate surface area is 161 Å². The molecule has 2 amide bonds. The predicted octanol–water partition coefficient (Wildman–Crippen LogP) is 1.53. The third-order valence-corrected chi connectivity index (χ3v) is 5.72. The standard InChI is InChI=1S/C21H31N3O3/c1-3-14(2)19(21(26)23-13-17-9-6-10-27-17)24-20(25)18-11-15-7-4-5-8-16(15)12-22-18/h4-5,7-8,14,17-19,22H,3,6,9-13H2,1-2H3,(H,23,26)(H,24,25)/t14-,17+,18+,19-/m0/s1. The normalized spacial score (nSPS) is 23.9. The second kappa shape index (κ2) is 9.33. The van der Waals surface area contributed by atoms with Gasteiger partial charge in [-0.2, -0.15) is 0 Å². The predicted molar refractivity (Wildman–Crippen MR) is 104 cm³/mol. The lowest BCUT2D eigenvalue weighted by Crippen LogP contribution is -2.56. The van der Waals surface area contributed by atoms with Crippen LogP contribution in [0.3, 0.4) is 0 Å². The van der Waals surface area contributed by atoms with Crippen molar-refractivity contribution in [3.8, 4) is 0 Å². The first-order valence-corrected chi connectivity index (χ1v) is 10.1. The molecule has 2 aliphatic heterocycles. The molecule has 6 heteroatoms. The van der Waals surface area contributed by atoms with Gasteiger partial charge in [-0.1, -0.05) is 44.5 Å². The van der Waals surface area contributed by atoms with Crippen molar-refractivity contribution in [3.63, 3.8) is 0 Å². The van der Waals surface area contributed by atoms with Crippen LogP contribution in [0.1, 0.15) is 44.2 Å². The summed E-state index contributed by atoms with van der Waals surface area (Å²) >= 11 is 0. The van der Waals surface area contributed by atoms with Gasteiger partial charge in [0, 0.05) is 19.7 Å². The van der Waals surface area contributed by atoms with Crippen LogP contribution in [0.25, 0.3) is 0 Å². The first-order chi connectivity index (χ1) is 13.1. The van der Waals surface area contributed by atoms with Gasteiger partial charge >= 0.3 is 0 Å². The smallest absolute Gasteiger partial charge is 0.242 e. The van der Waals surface area contributed by atoms with E-state index in [1.807, 2.05) is 26.0 Å². The number of carbonyl (C=O) groups is 2. The van der Waals surface area contributed by atoms with Crippen molar-refractivity contribution in [1.82, 2.24) is 16.0 Å². The molecule has 3 N–H and O–H groups in total. The molecule has 3 rings (SSSR count). The highest BCUT2D eigenvalue weighted by Crippen LogP contribution is 2.17. The Morgan fingerprint density at radius 3 is 2.78 bits per heavy atom. The van der Waals surface area contributed by atoms with Crippen LogP contribution in [-0.2, 0) is 27.3 Å². The fourth-order valence-corrected chi connectivity index (χ4v) is 3.73. The lowest BCUT2D eigenvalue weighted by Gasteiger charge is -2.29. The van der Waals surface area contributed by atoms with Crippen molar-refractivity contribution in [2.75, 3.05) is 13.2 Å². The summed E-state index contributed by atoms with van der Waals surface area (Å²) in [5.74, 6) is -0.166. The van der Waals surface area contributed by atoms with E-state index in [0.29, 0.717) is 19.5 Å². The third kappa shape index (κ3) is 5.08. The minimum Gasteiger partial charge on any atom is -0.376 e. The number of hydrogen-bond donors (Lipinski definition) is 3. The van der Waals surface area contributed by atoms with Crippen LogP contribution in [0, 0.1) is 5.92 Å². The van der Waals surface area contributed by atoms with Gasteiger partial charge in [-0.05, 0) is 36.3 Å². The summed E-state index contributed by atoms with van der Waals surface area (Å²) in [4.78, 5) is 25.5. The van der Waals surface area contributed by atoms with Gasteiger partial charge in [-0.3, -0.25) is 9.59 Å². The summed E-state index contributed by atoms with van der Waals surface area (Å²) in [5.41, 5.74) is 2.42. The second-order valence-corrected chi connectivity index (χ2v) is 7.66. The number of nitrogens with one attached hydrogen (secondary N) is 3. The van der Waals surface area contributed by atoms with Gasteiger partial charge in [0.25, 0.3) is 0 Å². The molecule has 0 unspecified atom stereocenters. The van der Waals surface area contributed by atoms with Crippen LogP contribution in [0.15, 0.2) is 24.3 Å². The van der Waals surface area contributed by atoms with Crippen LogP contribution in [-0.4, -0.2) is 43.2 Å². The van der Waals surface area contributed by atoms with Crippen molar-refractivity contribution in [2.45, 2.75) is 64.3 Å². The molecule has 148 valence electrons. The number of amides is 2. The molecule has 0 aromatic heterocycles. The molecule has 1 saturated heterocycles. The van der Waals surface area contributed by atoms with Gasteiger partial charge < -0.3 is 20.7 Å². The number of rotatable bonds is 7. The van der Waals surface area contributed by atoms with Crippen molar-refractivity contribution < 1.29 is 14.3 Å². The van der Waals surface area contributed by atoms with Gasteiger partial charge in [-0.15, -0.1) is 0 Å². The lowest BCUT2D eigenvalue weighted by molar-refractivity contribution is -0.131. The van der Waals surface area contributed by atoms with E-state index in [1.54, 1.807) is 0 Å². The maximum atomic E-state index is 12.8. The minimum atomic E-state index is -0.525. The number of fused-ring (bicyclic) bond motifs is 1. The number of carbonyl (C=O) groups excluding carboxylic acids is 2. The highest BCUT2D eigenvalue weighted by Gasteiger charge is 2.31. The molecule has 1 aromatic carbocycles. The first-order valence-electron chi connectivity index (χ1n) is 10.1. The van der Waals surface area contributed by atoms with E-state index in [9.17, 15) is 9.59 Å². The molecule has 0 radical (unpaired) electrons. The second-order valence-electron chi connectivity index (χ2n) is 7.66. The molecule has 6 nitrogen and oxygen atoms in total. The van der Waals surface area contributed by atoms with E-state index in [4.69, 9.17) is 4.74 Å². The minimum absolute atomic E-state index is 0.0642. The van der Waals surface area contributed by atoms with E-state index in [-0.39, 0.29) is 29.9 Å². The Kier molecular flexibility index (Phi) is 6.85. The molecule has 0 aliphatic carbocycles. The maximum Gasteiger partial charge on any atom is 0.242 e. The summed E-state index contributed by atoms with van der Waals surface area (Å²) in [6.07, 6.45) is 3.58. The van der Waals surface area contributed by atoms with Crippen LogP contribution in [0.5, 0.6) is 0 Å². The van der Waals surface area contributed by atoms with Crippen molar-refractivity contribution in [3.05, 3.63) is 35.4 Å². The van der Waals surface area contributed by atoms with Crippen molar-refractivity contribution in [2.24, 2.45) is 5.92 Å². The molecule has 0 saturated carbocycles. The van der Waals surface area contributed by atoms with Crippen LogP contribution in [0.4, 0.5) is 0 Å². The summed E-state index contributed by atoms with van der Waals surface area (Å²) in [7, 11) is 0. The van der Waals surface area contributed by atoms with Crippen LogP contribution < -0.4 is 16.0 Å². The molecule has 2 aliphatic rings. The lowest BCUT2D eigenvalue weighted by atomic mass is 9.94. The molecule has 2 heterocycles. The van der Waals surface area contributed by atoms with E-state index in [2.05, 4.69) is 28.1 Å². The number of hydrogen-bond acceptors (Lipinski definition) is 4. The van der Waals surface area contributed by atoms with E-state index < -0.39 is 6.04 Å². The zero-order chi connectivity index (χ0) is 19.2. The molecular formula is C21H31N3O3. The highest BCUT2D eigenvalue weighted by atomic mass is 16.5. The van der Waals surface area contributed by atoms with Gasteiger partial charge in [0.05, 0.1) is 12.1 Å². The molecule has 4 atom stereocenters. The largest absolute Gasteiger partial charge is 0.376 e. The van der Waals surface area contributed by atoms with Gasteiger partial charge in [0.1, 0.15) is 6.04 Å². The Balaban J connectivity index is 1.58. The maximum absolute atomic E-state index is 12.8. The number of ether oxygens (including phenoxy) is 1. The molecule has 1 fully saturated rings. The van der Waals surface area contributed by atoms with E-state index >= 15 is 0 Å². The Morgan fingerprint density at radius 2 is 2.07 bits per heavy atom. The summed E-state index contributed by atoms with van der Waals surface area (Å²) in [5, 5.41) is 9.24. The van der Waals surface area contributed by atoms with Crippen LogP contribution >= 0.6 is 0 Å². The Morgan fingerprint density at radius 1 is 1.30 bits per heavy atom. The Bertz CT molecular complexity index is 658. The quantitative estimate of drug-likeness (QED) is 0.677. The van der Waals surface area contributed by atoms with Crippen molar-refractivity contribution in [1.29, 1.82) is 0 Å². The SMILES string of the molecule is CC[C@H](C)[C@H](NC(=O)[C@H]1Cc2ccccc2CN1)C(=O)NC[C@H]1CCCO1. The summed E-state index contributed by atoms with van der Waals surface area (Å²) in [6, 6.07) is 7.33. The molecule has 27 heavy (non-hydrogen) atoms. The summed E-state index contributed by atoms with van der Waals surface area (Å²) in [6.45, 7) is 5.98. The molecular weight excluding hydrogens is 342 g/mol. The van der Waals surface area contributed by atoms with Gasteiger partial charge in [0.2, 0.25) is 11.8 Å². The Hall–Kier alpha value is -1.92. The monoisotopic (exact) mass is 373 g/mol. The third-order valence-electron chi connectivity index (χ3n) is 5.72. The zero-order valence-electron chi connectivity index (χ0n) is 16.3. The average Bonchev–Trinajstić information content (AvgIpc) is 3.22. The van der Waals surface area contributed by atoms with Gasteiger partial charge in [0.15, 0.2) is 0 Å². The molecule has 1 aromatic rings.